The van der Waals surface area contributed by atoms with Crippen molar-refractivity contribution in [3.05, 3.63) is 64.8 Å². The van der Waals surface area contributed by atoms with Crippen molar-refractivity contribution in [2.75, 3.05) is 49.6 Å². The van der Waals surface area contributed by atoms with E-state index in [0.717, 1.165) is 72.0 Å². The van der Waals surface area contributed by atoms with Crippen LogP contribution in [0.3, 0.4) is 0 Å². The third kappa shape index (κ3) is 4.53. The number of ketones is 1. The lowest BCUT2D eigenvalue weighted by Crippen LogP contribution is -2.35. The summed E-state index contributed by atoms with van der Waals surface area (Å²) < 4.78 is 6.29. The number of rotatable bonds is 7. The number of aromatic nitrogens is 2. The quantitative estimate of drug-likeness (QED) is 0.372. The lowest BCUT2D eigenvalue weighted by molar-refractivity contribution is -0.116. The van der Waals surface area contributed by atoms with Gasteiger partial charge in [-0.2, -0.15) is 9.97 Å². The topological polar surface area (TPSA) is 61.8 Å². The number of nitrogens with zero attached hydrogens (tertiary/aromatic N) is 5. The summed E-state index contributed by atoms with van der Waals surface area (Å²) in [5, 5.41) is 2.99. The highest BCUT2D eigenvalue weighted by Crippen LogP contribution is 2.53. The average molecular weight is 558 g/mol. The number of likely N-dealkylation sites (N-methyl/N-ethyl adjacent to an activating group) is 1. The Hall–Kier alpha value is -3.16. The lowest BCUT2D eigenvalue weighted by atomic mass is 10.0. The van der Waals surface area contributed by atoms with Gasteiger partial charge in [-0.3, -0.25) is 4.79 Å². The molecule has 4 heterocycles. The third-order valence-electron chi connectivity index (χ3n) is 9.42. The number of benzene rings is 2. The normalized spacial score (nSPS) is 26.0. The van der Waals surface area contributed by atoms with Crippen molar-refractivity contribution in [1.82, 2.24) is 14.9 Å². The van der Waals surface area contributed by atoms with Gasteiger partial charge in [-0.15, -0.1) is 0 Å². The van der Waals surface area contributed by atoms with Gasteiger partial charge in [0.1, 0.15) is 12.4 Å². The number of anilines is 2. The van der Waals surface area contributed by atoms with Gasteiger partial charge in [0.2, 0.25) is 0 Å². The maximum absolute atomic E-state index is 12.5. The summed E-state index contributed by atoms with van der Waals surface area (Å²) in [5.41, 5.74) is 3.37. The second-order valence-electron chi connectivity index (χ2n) is 11.8. The van der Waals surface area contributed by atoms with E-state index < -0.39 is 0 Å². The standard InChI is InChI=1S/C32H36ClN5O2/c1-3-7-28(39)30-23-16-38(17-24(23)30)31-22-13-15-37(27-12-5-9-20-8-4-11-25(33)29(20)27)18-26(22)34-32(35-31)40-19-21-10-6-14-36(21)2/h3-5,7-9,11-12,21,23-24,30H,6,10,13-19H2,1-2H3/b7-3+/t21-,23-,24+,30?/m0/s1. The summed E-state index contributed by atoms with van der Waals surface area (Å²) in [7, 11) is 2.16. The zero-order valence-electron chi connectivity index (χ0n) is 23.2. The van der Waals surface area contributed by atoms with Crippen LogP contribution in [0.15, 0.2) is 48.6 Å². The minimum absolute atomic E-state index is 0.172. The van der Waals surface area contributed by atoms with Gasteiger partial charge in [0.15, 0.2) is 5.78 Å². The molecule has 0 N–H and O–H groups in total. The van der Waals surface area contributed by atoms with E-state index >= 15 is 0 Å². The summed E-state index contributed by atoms with van der Waals surface area (Å²) in [5.74, 6) is 2.29. The molecule has 1 aliphatic carbocycles. The maximum atomic E-state index is 12.5. The number of carbonyl (C=O) groups is 1. The average Bonchev–Trinajstić information content (AvgIpc) is 3.24. The van der Waals surface area contributed by atoms with Crippen molar-refractivity contribution >= 4 is 39.7 Å². The fraction of sp³-hybridized carbons (Fsp3) is 0.469. The Labute approximate surface area is 240 Å². The van der Waals surface area contributed by atoms with Crippen LogP contribution in [-0.2, 0) is 17.8 Å². The van der Waals surface area contributed by atoms with Crippen LogP contribution >= 0.6 is 11.6 Å². The van der Waals surface area contributed by atoms with Crippen molar-refractivity contribution < 1.29 is 9.53 Å². The highest BCUT2D eigenvalue weighted by atomic mass is 35.5. The number of halogens is 1. The smallest absolute Gasteiger partial charge is 0.318 e. The van der Waals surface area contributed by atoms with E-state index in [0.29, 0.717) is 37.0 Å². The van der Waals surface area contributed by atoms with Crippen LogP contribution < -0.4 is 14.5 Å². The number of carbonyl (C=O) groups excluding carboxylic acids is 1. The number of likely N-dealkylation sites (tertiary alicyclic amines) is 1. The SMILES string of the molecule is C/C=C/C(=O)C1[C@H]2CN(c3nc(OC[C@@H]4CCCN4C)nc4c3CCN(c3cccc5cccc(Cl)c35)C4)C[C@@H]12. The van der Waals surface area contributed by atoms with Crippen molar-refractivity contribution in [3.63, 3.8) is 0 Å². The molecule has 1 saturated carbocycles. The van der Waals surface area contributed by atoms with Gasteiger partial charge in [-0.1, -0.05) is 41.9 Å². The zero-order valence-corrected chi connectivity index (χ0v) is 24.0. The molecule has 3 aliphatic heterocycles. The maximum Gasteiger partial charge on any atom is 0.318 e. The fourth-order valence-electron chi connectivity index (χ4n) is 7.22. The Kier molecular flexibility index (Phi) is 6.67. The van der Waals surface area contributed by atoms with E-state index in [9.17, 15) is 4.79 Å². The molecule has 0 bridgehead atoms. The Balaban J connectivity index is 1.19. The molecule has 208 valence electrons. The molecule has 2 aromatic carbocycles. The van der Waals surface area contributed by atoms with Gasteiger partial charge in [0.05, 0.1) is 17.3 Å². The van der Waals surface area contributed by atoms with Crippen molar-refractivity contribution in [1.29, 1.82) is 0 Å². The molecule has 8 heteroatoms. The van der Waals surface area contributed by atoms with E-state index in [1.165, 1.54) is 12.0 Å². The van der Waals surface area contributed by atoms with Gasteiger partial charge in [0.25, 0.3) is 0 Å². The Morgan fingerprint density at radius 1 is 1.10 bits per heavy atom. The third-order valence-corrected chi connectivity index (χ3v) is 9.74. The molecule has 4 aliphatic rings. The Morgan fingerprint density at radius 3 is 2.65 bits per heavy atom. The van der Waals surface area contributed by atoms with Gasteiger partial charge in [0, 0.05) is 48.2 Å². The van der Waals surface area contributed by atoms with E-state index in [2.05, 4.69) is 46.0 Å². The van der Waals surface area contributed by atoms with Crippen LogP contribution in [-0.4, -0.2) is 66.5 Å². The first-order chi connectivity index (χ1) is 19.5. The molecule has 40 heavy (non-hydrogen) atoms. The summed E-state index contributed by atoms with van der Waals surface area (Å²) in [6.45, 7) is 6.90. The molecule has 3 aromatic rings. The Morgan fingerprint density at radius 2 is 1.90 bits per heavy atom. The first-order valence-corrected chi connectivity index (χ1v) is 15.0. The molecule has 0 amide bonds. The Bertz CT molecular complexity index is 1470. The first-order valence-electron chi connectivity index (χ1n) is 14.6. The fourth-order valence-corrected chi connectivity index (χ4v) is 7.50. The highest BCUT2D eigenvalue weighted by molar-refractivity contribution is 6.36. The monoisotopic (exact) mass is 557 g/mol. The van der Waals surface area contributed by atoms with Crippen LogP contribution in [0.1, 0.15) is 31.0 Å². The van der Waals surface area contributed by atoms with Gasteiger partial charge in [-0.05, 0) is 75.2 Å². The van der Waals surface area contributed by atoms with E-state index in [1.807, 2.05) is 25.1 Å². The van der Waals surface area contributed by atoms with Crippen LogP contribution in [0.4, 0.5) is 11.5 Å². The minimum atomic E-state index is 0.172. The molecular weight excluding hydrogens is 522 g/mol. The second-order valence-corrected chi connectivity index (χ2v) is 12.2. The van der Waals surface area contributed by atoms with E-state index in [4.69, 9.17) is 26.3 Å². The largest absolute Gasteiger partial charge is 0.462 e. The van der Waals surface area contributed by atoms with E-state index in [-0.39, 0.29) is 11.7 Å². The van der Waals surface area contributed by atoms with Gasteiger partial charge in [-0.25, -0.2) is 0 Å². The van der Waals surface area contributed by atoms with Gasteiger partial charge >= 0.3 is 6.01 Å². The first kappa shape index (κ1) is 25.8. The van der Waals surface area contributed by atoms with Gasteiger partial charge < -0.3 is 19.4 Å². The number of allylic oxidation sites excluding steroid dienone is 2. The predicted octanol–water partition coefficient (Wildman–Crippen LogP) is 5.15. The molecule has 4 atom stereocenters. The molecule has 7 nitrogen and oxygen atoms in total. The molecule has 0 spiro atoms. The molecule has 3 fully saturated rings. The lowest BCUT2D eigenvalue weighted by Gasteiger charge is -2.34. The zero-order chi connectivity index (χ0) is 27.4. The van der Waals surface area contributed by atoms with Crippen LogP contribution in [0.25, 0.3) is 10.8 Å². The highest BCUT2D eigenvalue weighted by Gasteiger charge is 2.59. The molecular formula is C32H36ClN5O2. The van der Waals surface area contributed by atoms with Crippen LogP contribution in [0.5, 0.6) is 6.01 Å². The molecule has 7 rings (SSSR count). The molecule has 1 aromatic heterocycles. The van der Waals surface area contributed by atoms with Crippen molar-refractivity contribution in [2.24, 2.45) is 17.8 Å². The number of piperidine rings is 1. The summed E-state index contributed by atoms with van der Waals surface area (Å²) in [6.07, 6.45) is 6.78. The minimum Gasteiger partial charge on any atom is -0.462 e. The molecule has 2 saturated heterocycles. The predicted molar refractivity (Wildman–Crippen MR) is 159 cm³/mol. The summed E-state index contributed by atoms with van der Waals surface area (Å²) in [4.78, 5) is 29.6. The number of ether oxygens (including phenoxy) is 1. The van der Waals surface area contributed by atoms with E-state index in [1.54, 1.807) is 6.08 Å². The number of hydrogen-bond acceptors (Lipinski definition) is 7. The number of fused-ring (bicyclic) bond motifs is 3. The molecule has 1 unspecified atom stereocenters. The van der Waals surface area contributed by atoms with Crippen molar-refractivity contribution in [2.45, 2.75) is 38.8 Å². The second kappa shape index (κ2) is 10.3. The summed E-state index contributed by atoms with van der Waals surface area (Å²) in [6, 6.07) is 13.3. The molecule has 0 radical (unpaired) electrons. The number of hydrogen-bond donors (Lipinski definition) is 0. The summed E-state index contributed by atoms with van der Waals surface area (Å²) >= 11 is 6.69. The van der Waals surface area contributed by atoms with Crippen LogP contribution in [0.2, 0.25) is 5.02 Å². The van der Waals surface area contributed by atoms with Crippen LogP contribution in [0, 0.1) is 17.8 Å². The van der Waals surface area contributed by atoms with Crippen molar-refractivity contribution in [3.8, 4) is 6.01 Å².